The van der Waals surface area contributed by atoms with Gasteiger partial charge in [0.2, 0.25) is 0 Å². The predicted octanol–water partition coefficient (Wildman–Crippen LogP) is 3.60. The van der Waals surface area contributed by atoms with Gasteiger partial charge >= 0.3 is 5.97 Å². The molecule has 0 aliphatic rings. The van der Waals surface area contributed by atoms with Gasteiger partial charge in [0.15, 0.2) is 11.5 Å². The highest BCUT2D eigenvalue weighted by Crippen LogP contribution is 2.31. The van der Waals surface area contributed by atoms with Crippen molar-refractivity contribution in [3.63, 3.8) is 0 Å². The Hall–Kier alpha value is -2.82. The number of methoxy groups -OCH3 is 2. The average Bonchev–Trinajstić information content (AvgIpc) is 2.57. The SMILES string of the molecule is COc1cccc(/C=C/C(=O)OCc2cccc(F)c2)c1OC. The van der Waals surface area contributed by atoms with Crippen LogP contribution >= 0.6 is 0 Å². The summed E-state index contributed by atoms with van der Waals surface area (Å²) in [5.41, 5.74) is 1.28. The number of halogens is 1. The van der Waals surface area contributed by atoms with Crippen LogP contribution < -0.4 is 9.47 Å². The van der Waals surface area contributed by atoms with Crippen LogP contribution in [0.2, 0.25) is 0 Å². The van der Waals surface area contributed by atoms with E-state index in [-0.39, 0.29) is 12.4 Å². The minimum absolute atomic E-state index is 0.0101. The molecule has 0 bridgehead atoms. The van der Waals surface area contributed by atoms with E-state index in [4.69, 9.17) is 14.2 Å². The van der Waals surface area contributed by atoms with Gasteiger partial charge in [0.25, 0.3) is 0 Å². The predicted molar refractivity (Wildman–Crippen MR) is 84.8 cm³/mol. The molecule has 2 aromatic carbocycles. The lowest BCUT2D eigenvalue weighted by molar-refractivity contribution is -0.138. The Morgan fingerprint density at radius 1 is 1.13 bits per heavy atom. The highest BCUT2D eigenvalue weighted by molar-refractivity contribution is 5.87. The summed E-state index contributed by atoms with van der Waals surface area (Å²) in [5.74, 6) is 0.210. The minimum atomic E-state index is -0.529. The van der Waals surface area contributed by atoms with E-state index in [1.165, 1.54) is 25.3 Å². The molecule has 120 valence electrons. The monoisotopic (exact) mass is 316 g/mol. The van der Waals surface area contributed by atoms with Crippen molar-refractivity contribution < 1.29 is 23.4 Å². The third-order valence-corrected chi connectivity index (χ3v) is 3.10. The smallest absolute Gasteiger partial charge is 0.331 e. The van der Waals surface area contributed by atoms with Gasteiger partial charge in [-0.25, -0.2) is 9.18 Å². The molecule has 0 heterocycles. The van der Waals surface area contributed by atoms with Crippen LogP contribution in [-0.2, 0) is 16.1 Å². The van der Waals surface area contributed by atoms with Crippen LogP contribution in [0.15, 0.2) is 48.5 Å². The molecular formula is C18H17FO4. The van der Waals surface area contributed by atoms with E-state index in [2.05, 4.69) is 0 Å². The van der Waals surface area contributed by atoms with Crippen molar-refractivity contribution in [2.75, 3.05) is 14.2 Å². The van der Waals surface area contributed by atoms with Crippen LogP contribution in [0.25, 0.3) is 6.08 Å². The zero-order chi connectivity index (χ0) is 16.7. The van der Waals surface area contributed by atoms with E-state index >= 15 is 0 Å². The fourth-order valence-electron chi connectivity index (χ4n) is 2.03. The molecule has 0 saturated carbocycles. The molecule has 23 heavy (non-hydrogen) atoms. The van der Waals surface area contributed by atoms with Crippen molar-refractivity contribution in [2.45, 2.75) is 6.61 Å². The van der Waals surface area contributed by atoms with Gasteiger partial charge in [-0.3, -0.25) is 0 Å². The van der Waals surface area contributed by atoms with Gasteiger partial charge in [-0.1, -0.05) is 24.3 Å². The number of ether oxygens (including phenoxy) is 3. The third-order valence-electron chi connectivity index (χ3n) is 3.10. The molecule has 0 radical (unpaired) electrons. The Morgan fingerprint density at radius 2 is 1.91 bits per heavy atom. The number of hydrogen-bond acceptors (Lipinski definition) is 4. The molecule has 2 rings (SSSR count). The van der Waals surface area contributed by atoms with Gasteiger partial charge in [0.1, 0.15) is 12.4 Å². The highest BCUT2D eigenvalue weighted by Gasteiger charge is 2.07. The molecule has 5 heteroatoms. The number of hydrogen-bond donors (Lipinski definition) is 0. The van der Waals surface area contributed by atoms with Crippen LogP contribution in [0.3, 0.4) is 0 Å². The lowest BCUT2D eigenvalue weighted by Crippen LogP contribution is -2.01. The Kier molecular flexibility index (Phi) is 5.74. The summed E-state index contributed by atoms with van der Waals surface area (Å²) >= 11 is 0. The van der Waals surface area contributed by atoms with Crippen LogP contribution in [-0.4, -0.2) is 20.2 Å². The van der Waals surface area contributed by atoms with Crippen molar-refractivity contribution >= 4 is 12.0 Å². The maximum atomic E-state index is 13.0. The van der Waals surface area contributed by atoms with Crippen LogP contribution in [0.5, 0.6) is 11.5 Å². The fourth-order valence-corrected chi connectivity index (χ4v) is 2.03. The van der Waals surface area contributed by atoms with Crippen LogP contribution in [0, 0.1) is 5.82 Å². The van der Waals surface area contributed by atoms with E-state index in [9.17, 15) is 9.18 Å². The van der Waals surface area contributed by atoms with E-state index in [1.54, 1.807) is 43.5 Å². The van der Waals surface area contributed by atoms with E-state index in [1.807, 2.05) is 0 Å². The molecular weight excluding hydrogens is 299 g/mol. The molecule has 4 nitrogen and oxygen atoms in total. The Bertz CT molecular complexity index is 710. The molecule has 0 saturated heterocycles. The number of carbonyl (C=O) groups excluding carboxylic acids is 1. The Balaban J connectivity index is 2.01. The van der Waals surface area contributed by atoms with E-state index in [0.717, 1.165) is 0 Å². The number of benzene rings is 2. The maximum Gasteiger partial charge on any atom is 0.331 e. The highest BCUT2D eigenvalue weighted by atomic mass is 19.1. The molecule has 0 aliphatic carbocycles. The summed E-state index contributed by atoms with van der Waals surface area (Å²) in [6, 6.07) is 11.2. The first-order chi connectivity index (χ1) is 11.1. The summed E-state index contributed by atoms with van der Waals surface area (Å²) in [4.78, 5) is 11.8. The Labute approximate surface area is 134 Å². The first-order valence-corrected chi connectivity index (χ1v) is 6.94. The largest absolute Gasteiger partial charge is 0.493 e. The van der Waals surface area contributed by atoms with Crippen molar-refractivity contribution in [3.05, 3.63) is 65.5 Å². The molecule has 0 unspecified atom stereocenters. The summed E-state index contributed by atoms with van der Waals surface area (Å²) < 4.78 is 28.6. The van der Waals surface area contributed by atoms with Crippen LogP contribution in [0.1, 0.15) is 11.1 Å². The lowest BCUT2D eigenvalue weighted by atomic mass is 10.1. The van der Waals surface area contributed by atoms with Crippen molar-refractivity contribution in [3.8, 4) is 11.5 Å². The molecule has 0 aromatic heterocycles. The average molecular weight is 316 g/mol. The number of carbonyl (C=O) groups is 1. The normalized spacial score (nSPS) is 10.6. The van der Waals surface area contributed by atoms with E-state index in [0.29, 0.717) is 22.6 Å². The molecule has 0 fully saturated rings. The van der Waals surface area contributed by atoms with Crippen LogP contribution in [0.4, 0.5) is 4.39 Å². The number of esters is 1. The third kappa shape index (κ3) is 4.57. The molecule has 2 aromatic rings. The second-order valence-electron chi connectivity index (χ2n) is 4.65. The molecule has 0 N–H and O–H groups in total. The molecule has 0 aliphatic heterocycles. The van der Waals surface area contributed by atoms with Crippen molar-refractivity contribution in [1.29, 1.82) is 0 Å². The summed E-state index contributed by atoms with van der Waals surface area (Å²) in [7, 11) is 3.07. The summed E-state index contributed by atoms with van der Waals surface area (Å²) in [6.07, 6.45) is 2.87. The van der Waals surface area contributed by atoms with Crippen molar-refractivity contribution in [1.82, 2.24) is 0 Å². The van der Waals surface area contributed by atoms with E-state index < -0.39 is 5.97 Å². The second kappa shape index (κ2) is 7.98. The zero-order valence-electron chi connectivity index (χ0n) is 12.9. The Morgan fingerprint density at radius 3 is 2.61 bits per heavy atom. The fraction of sp³-hybridized carbons (Fsp3) is 0.167. The van der Waals surface area contributed by atoms with Gasteiger partial charge in [-0.2, -0.15) is 0 Å². The lowest BCUT2D eigenvalue weighted by Gasteiger charge is -2.09. The second-order valence-corrected chi connectivity index (χ2v) is 4.65. The summed E-state index contributed by atoms with van der Waals surface area (Å²) in [6.45, 7) is 0.0101. The van der Waals surface area contributed by atoms with Gasteiger partial charge in [0, 0.05) is 11.6 Å². The first kappa shape index (κ1) is 16.5. The first-order valence-electron chi connectivity index (χ1n) is 6.94. The summed E-state index contributed by atoms with van der Waals surface area (Å²) in [5, 5.41) is 0. The molecule has 0 spiro atoms. The maximum absolute atomic E-state index is 13.0. The van der Waals surface area contributed by atoms with Gasteiger partial charge in [-0.15, -0.1) is 0 Å². The minimum Gasteiger partial charge on any atom is -0.493 e. The zero-order valence-corrected chi connectivity index (χ0v) is 12.9. The van der Waals surface area contributed by atoms with Gasteiger partial charge in [0.05, 0.1) is 14.2 Å². The quantitative estimate of drug-likeness (QED) is 0.603. The standard InChI is InChI=1S/C18H17FO4/c1-21-16-8-4-6-14(18(16)22-2)9-10-17(20)23-12-13-5-3-7-15(19)11-13/h3-11H,12H2,1-2H3/b10-9+. The topological polar surface area (TPSA) is 44.8 Å². The number of rotatable bonds is 6. The molecule has 0 atom stereocenters. The molecule has 0 amide bonds. The van der Waals surface area contributed by atoms with Crippen molar-refractivity contribution in [2.24, 2.45) is 0 Å². The number of para-hydroxylation sites is 1. The van der Waals surface area contributed by atoms with Gasteiger partial charge in [-0.05, 0) is 29.8 Å². The van der Waals surface area contributed by atoms with Gasteiger partial charge < -0.3 is 14.2 Å².